The first kappa shape index (κ1) is 21.9. The Hall–Kier alpha value is -1.80. The summed E-state index contributed by atoms with van der Waals surface area (Å²) in [6, 6.07) is 5.16. The molecule has 3 rings (SSSR count). The zero-order chi connectivity index (χ0) is 20.9. The van der Waals surface area contributed by atoms with Crippen LogP contribution in [-0.2, 0) is 14.8 Å². The van der Waals surface area contributed by atoms with Crippen LogP contribution in [0.25, 0.3) is 0 Å². The molecule has 1 saturated heterocycles. The van der Waals surface area contributed by atoms with Crippen LogP contribution >= 0.6 is 23.1 Å². The third-order valence-corrected chi connectivity index (χ3v) is 8.48. The number of pyridine rings is 1. The fourth-order valence-corrected chi connectivity index (χ4v) is 6.11. The summed E-state index contributed by atoms with van der Waals surface area (Å²) in [4.78, 5) is 21.0. The number of thiazole rings is 1. The molecule has 154 valence electrons. The van der Waals surface area contributed by atoms with Gasteiger partial charge in [0.1, 0.15) is 9.90 Å². The van der Waals surface area contributed by atoms with E-state index in [2.05, 4.69) is 9.97 Å². The molecule has 3 heterocycles. The van der Waals surface area contributed by atoms with E-state index in [0.29, 0.717) is 23.1 Å². The molecule has 1 aliphatic heterocycles. The Labute approximate surface area is 179 Å². The van der Waals surface area contributed by atoms with Crippen LogP contribution in [0, 0.1) is 18.3 Å². The number of rotatable bonds is 7. The van der Waals surface area contributed by atoms with E-state index in [-0.39, 0.29) is 16.4 Å². The summed E-state index contributed by atoms with van der Waals surface area (Å²) in [5, 5.41) is 12.2. The minimum atomic E-state index is -3.54. The number of aromatic nitrogens is 2. The maximum absolute atomic E-state index is 12.8. The van der Waals surface area contributed by atoms with Crippen molar-refractivity contribution in [2.45, 2.75) is 48.4 Å². The van der Waals surface area contributed by atoms with Gasteiger partial charge in [0.25, 0.3) is 0 Å². The number of carbonyl (C=O) groups excluding carboxylic acids is 1. The molecule has 29 heavy (non-hydrogen) atoms. The van der Waals surface area contributed by atoms with Gasteiger partial charge in [-0.05, 0) is 31.9 Å². The second kappa shape index (κ2) is 9.80. The van der Waals surface area contributed by atoms with Gasteiger partial charge in [0.2, 0.25) is 10.0 Å². The number of hydrogen-bond donors (Lipinski definition) is 0. The van der Waals surface area contributed by atoms with E-state index >= 15 is 0 Å². The molecular weight excluding hydrogens is 428 g/mol. The van der Waals surface area contributed by atoms with Crippen molar-refractivity contribution < 1.29 is 13.2 Å². The van der Waals surface area contributed by atoms with Crippen molar-refractivity contribution in [2.75, 3.05) is 18.8 Å². The van der Waals surface area contributed by atoms with E-state index in [1.807, 2.05) is 18.4 Å². The van der Waals surface area contributed by atoms with E-state index in [4.69, 9.17) is 0 Å². The number of nitriles is 1. The number of hydrogen-bond acceptors (Lipinski definition) is 8. The lowest BCUT2D eigenvalue weighted by atomic mass is 10.1. The summed E-state index contributed by atoms with van der Waals surface area (Å²) in [6.07, 6.45) is 5.21. The Morgan fingerprint density at radius 1 is 1.31 bits per heavy atom. The van der Waals surface area contributed by atoms with Gasteiger partial charge in [0, 0.05) is 30.4 Å². The lowest BCUT2D eigenvalue weighted by Gasteiger charge is -2.19. The van der Waals surface area contributed by atoms with Gasteiger partial charge in [-0.3, -0.25) is 4.79 Å². The smallest absolute Gasteiger partial charge is 0.244 e. The molecule has 0 radical (unpaired) electrons. The molecule has 2 aromatic rings. The summed E-state index contributed by atoms with van der Waals surface area (Å²) in [5.41, 5.74) is 0.786. The summed E-state index contributed by atoms with van der Waals surface area (Å²) < 4.78 is 27.1. The highest BCUT2D eigenvalue weighted by atomic mass is 32.2. The highest BCUT2D eigenvalue weighted by Crippen LogP contribution is 2.25. The van der Waals surface area contributed by atoms with Crippen LogP contribution in [0.5, 0.6) is 0 Å². The summed E-state index contributed by atoms with van der Waals surface area (Å²) in [5.74, 6) is -1.05. The number of nitrogens with zero attached hydrogens (tertiary/aromatic N) is 4. The number of Topliss-reactive ketones (excluding diaryl/α,β-unsaturated/α-hetero) is 1. The lowest BCUT2D eigenvalue weighted by Crippen LogP contribution is -2.32. The Morgan fingerprint density at radius 2 is 2.03 bits per heavy atom. The highest BCUT2D eigenvalue weighted by molar-refractivity contribution is 7.99. The average Bonchev–Trinajstić information content (AvgIpc) is 2.96. The van der Waals surface area contributed by atoms with Crippen molar-refractivity contribution in [3.05, 3.63) is 34.4 Å². The Balaban J connectivity index is 1.63. The van der Waals surface area contributed by atoms with Crippen LogP contribution in [0.1, 0.15) is 42.3 Å². The average molecular weight is 451 g/mol. The predicted molar refractivity (Wildman–Crippen MR) is 112 cm³/mol. The monoisotopic (exact) mass is 450 g/mol. The molecule has 0 N–H and O–H groups in total. The quantitative estimate of drug-likeness (QED) is 0.596. The van der Waals surface area contributed by atoms with Gasteiger partial charge < -0.3 is 0 Å². The third-order valence-electron chi connectivity index (χ3n) is 4.61. The third kappa shape index (κ3) is 5.42. The molecule has 1 fully saturated rings. The van der Waals surface area contributed by atoms with Crippen molar-refractivity contribution in [1.29, 1.82) is 5.26 Å². The van der Waals surface area contributed by atoms with E-state index in [1.54, 1.807) is 6.07 Å². The maximum atomic E-state index is 12.8. The van der Waals surface area contributed by atoms with Gasteiger partial charge in [-0.2, -0.15) is 9.57 Å². The first-order valence-corrected chi connectivity index (χ1v) is 12.7. The molecule has 0 saturated carbocycles. The Kier molecular flexibility index (Phi) is 7.40. The first-order chi connectivity index (χ1) is 13.9. The normalized spacial score (nSPS) is 16.7. The molecule has 0 bridgehead atoms. The van der Waals surface area contributed by atoms with Crippen molar-refractivity contribution in [3.8, 4) is 6.07 Å². The van der Waals surface area contributed by atoms with Crippen molar-refractivity contribution in [1.82, 2.24) is 14.3 Å². The van der Waals surface area contributed by atoms with Gasteiger partial charge >= 0.3 is 0 Å². The summed E-state index contributed by atoms with van der Waals surface area (Å²) in [6.45, 7) is 2.90. The number of sulfonamides is 1. The van der Waals surface area contributed by atoms with Crippen molar-refractivity contribution in [2.24, 2.45) is 0 Å². The second-order valence-corrected chi connectivity index (χ2v) is 10.6. The van der Waals surface area contributed by atoms with Gasteiger partial charge in [-0.15, -0.1) is 11.3 Å². The molecule has 0 amide bonds. The zero-order valence-electron chi connectivity index (χ0n) is 16.1. The van der Waals surface area contributed by atoms with Crippen LogP contribution < -0.4 is 0 Å². The molecule has 1 atom stereocenters. The van der Waals surface area contributed by atoms with Crippen LogP contribution in [0.15, 0.2) is 33.6 Å². The van der Waals surface area contributed by atoms with E-state index in [9.17, 15) is 18.5 Å². The van der Waals surface area contributed by atoms with Crippen LogP contribution in [-0.4, -0.2) is 47.3 Å². The predicted octanol–water partition coefficient (Wildman–Crippen LogP) is 3.38. The molecule has 0 aliphatic carbocycles. The standard InChI is InChI=1S/C19H22N4O3S3/c1-14-12-28-19(22-14)16(10-20)17(24)13-27-18-7-6-15(11-21-18)29(25,26)23-8-4-2-3-5-9-23/h6-7,11-12,16H,2-5,8-9,13H2,1H3/t16-/m0/s1. The van der Waals surface area contributed by atoms with Gasteiger partial charge in [-0.25, -0.2) is 18.4 Å². The topological polar surface area (TPSA) is 104 Å². The number of ketones is 1. The van der Waals surface area contributed by atoms with Crippen LogP contribution in [0.3, 0.4) is 0 Å². The van der Waals surface area contributed by atoms with Crippen LogP contribution in [0.4, 0.5) is 0 Å². The fraction of sp³-hybridized carbons (Fsp3) is 0.474. The molecule has 7 nitrogen and oxygen atoms in total. The second-order valence-electron chi connectivity index (χ2n) is 6.79. The van der Waals surface area contributed by atoms with Crippen LogP contribution in [0.2, 0.25) is 0 Å². The van der Waals surface area contributed by atoms with E-state index in [0.717, 1.165) is 31.4 Å². The molecule has 0 unspecified atom stereocenters. The van der Waals surface area contributed by atoms with Gasteiger partial charge in [0.15, 0.2) is 11.7 Å². The van der Waals surface area contributed by atoms with Gasteiger partial charge in [0.05, 0.1) is 16.8 Å². The number of carbonyl (C=O) groups is 1. The molecular formula is C19H22N4O3S3. The minimum Gasteiger partial charge on any atom is -0.297 e. The maximum Gasteiger partial charge on any atom is 0.244 e. The summed E-state index contributed by atoms with van der Waals surface area (Å²) >= 11 is 2.49. The molecule has 0 aromatic carbocycles. The summed E-state index contributed by atoms with van der Waals surface area (Å²) in [7, 11) is -3.54. The Bertz CT molecular complexity index is 988. The van der Waals surface area contributed by atoms with E-state index in [1.165, 1.54) is 39.7 Å². The number of thioether (sulfide) groups is 1. The largest absolute Gasteiger partial charge is 0.297 e. The van der Waals surface area contributed by atoms with Gasteiger partial charge in [-0.1, -0.05) is 24.6 Å². The molecule has 1 aliphatic rings. The minimum absolute atomic E-state index is 0.0715. The van der Waals surface area contributed by atoms with Crippen molar-refractivity contribution in [3.63, 3.8) is 0 Å². The van der Waals surface area contributed by atoms with Crippen molar-refractivity contribution >= 4 is 38.9 Å². The lowest BCUT2D eigenvalue weighted by molar-refractivity contribution is -0.116. The zero-order valence-corrected chi connectivity index (χ0v) is 18.5. The highest BCUT2D eigenvalue weighted by Gasteiger charge is 2.26. The SMILES string of the molecule is Cc1csc([C@@H](C#N)C(=O)CSc2ccc(S(=O)(=O)N3CCCCCC3)cn2)n1. The fourth-order valence-electron chi connectivity index (χ4n) is 3.03. The molecule has 2 aromatic heterocycles. The first-order valence-electron chi connectivity index (χ1n) is 9.35. The molecule has 0 spiro atoms. The number of aryl methyl sites for hydroxylation is 1. The molecule has 10 heteroatoms. The Morgan fingerprint density at radius 3 is 2.59 bits per heavy atom. The van der Waals surface area contributed by atoms with E-state index < -0.39 is 15.9 Å².